The number of halogens is 1. The van der Waals surface area contributed by atoms with Crippen molar-refractivity contribution in [3.8, 4) is 0 Å². The zero-order valence-electron chi connectivity index (χ0n) is 17.6. The van der Waals surface area contributed by atoms with Gasteiger partial charge in [0.15, 0.2) is 10.6 Å². The zero-order chi connectivity index (χ0) is 23.3. The van der Waals surface area contributed by atoms with Gasteiger partial charge in [-0.1, -0.05) is 35.6 Å². The molecule has 2 aromatic carbocycles. The zero-order valence-corrected chi connectivity index (χ0v) is 18.4. The molecule has 0 aliphatic carbocycles. The van der Waals surface area contributed by atoms with Crippen LogP contribution >= 0.6 is 11.3 Å². The molecule has 0 unspecified atom stereocenters. The third-order valence-corrected chi connectivity index (χ3v) is 6.55. The number of hydrogen-bond donors (Lipinski definition) is 0. The van der Waals surface area contributed by atoms with E-state index in [-0.39, 0.29) is 39.0 Å². The van der Waals surface area contributed by atoms with Crippen LogP contribution in [0.5, 0.6) is 0 Å². The first-order chi connectivity index (χ1) is 15.9. The minimum atomic E-state index is -0.894. The molecule has 0 saturated carbocycles. The summed E-state index contributed by atoms with van der Waals surface area (Å²) in [5.74, 6) is -1.65. The molecule has 166 valence electrons. The van der Waals surface area contributed by atoms with Gasteiger partial charge in [-0.15, -0.1) is 0 Å². The van der Waals surface area contributed by atoms with Crippen LogP contribution in [0.2, 0.25) is 0 Å². The molecular formula is C24H17FN2O5S. The van der Waals surface area contributed by atoms with Gasteiger partial charge in [0.05, 0.1) is 29.3 Å². The van der Waals surface area contributed by atoms with Crippen molar-refractivity contribution in [3.63, 3.8) is 0 Å². The average Bonchev–Trinajstić information content (AvgIpc) is 3.32. The normalized spacial score (nSPS) is 15.2. The van der Waals surface area contributed by atoms with E-state index < -0.39 is 23.7 Å². The van der Waals surface area contributed by atoms with E-state index in [0.29, 0.717) is 16.6 Å². The Balaban J connectivity index is 1.74. The predicted octanol–water partition coefficient (Wildman–Crippen LogP) is 4.62. The van der Waals surface area contributed by atoms with Crippen LogP contribution in [0.15, 0.2) is 57.7 Å². The number of aryl methyl sites for hydroxylation is 1. The number of carbonyl (C=O) groups excluding carboxylic acids is 2. The van der Waals surface area contributed by atoms with Gasteiger partial charge >= 0.3 is 5.97 Å². The SMILES string of the molecule is CCOC(=O)c1sc(N2C(=O)c3oc4ccccc4c(=O)c3[C@@H]2c2ccc(F)cc2)nc1C. The molecule has 0 fully saturated rings. The Kier molecular flexibility index (Phi) is 5.05. The molecule has 1 atom stereocenters. The van der Waals surface area contributed by atoms with E-state index in [1.54, 1.807) is 38.1 Å². The van der Waals surface area contributed by atoms with Crippen molar-refractivity contribution in [2.75, 3.05) is 11.5 Å². The van der Waals surface area contributed by atoms with Crippen LogP contribution in [0.3, 0.4) is 0 Å². The lowest BCUT2D eigenvalue weighted by Gasteiger charge is -2.22. The van der Waals surface area contributed by atoms with Gasteiger partial charge in [-0.3, -0.25) is 14.5 Å². The first-order valence-electron chi connectivity index (χ1n) is 10.2. The van der Waals surface area contributed by atoms with Crippen LogP contribution in [-0.4, -0.2) is 23.5 Å². The summed E-state index contributed by atoms with van der Waals surface area (Å²) >= 11 is 0.993. The van der Waals surface area contributed by atoms with Crippen LogP contribution < -0.4 is 10.3 Å². The Morgan fingerprint density at radius 2 is 1.91 bits per heavy atom. The van der Waals surface area contributed by atoms with Gasteiger partial charge in [-0.25, -0.2) is 14.2 Å². The summed E-state index contributed by atoms with van der Waals surface area (Å²) in [6.07, 6.45) is 0. The number of carbonyl (C=O) groups is 2. The lowest BCUT2D eigenvalue weighted by molar-refractivity contribution is 0.0531. The molecule has 1 aliphatic rings. The average molecular weight is 464 g/mol. The second kappa shape index (κ2) is 7.93. The molecule has 1 amide bonds. The minimum absolute atomic E-state index is 0.0986. The number of amides is 1. The molecule has 2 aromatic heterocycles. The maximum absolute atomic E-state index is 13.6. The van der Waals surface area contributed by atoms with Crippen molar-refractivity contribution in [2.24, 2.45) is 0 Å². The maximum Gasteiger partial charge on any atom is 0.350 e. The number of ether oxygens (including phenoxy) is 1. The van der Waals surface area contributed by atoms with Crippen LogP contribution in [-0.2, 0) is 4.74 Å². The Morgan fingerprint density at radius 3 is 2.64 bits per heavy atom. The van der Waals surface area contributed by atoms with Crippen molar-refractivity contribution >= 4 is 39.3 Å². The molecule has 7 nitrogen and oxygen atoms in total. The van der Waals surface area contributed by atoms with E-state index in [2.05, 4.69) is 4.98 Å². The van der Waals surface area contributed by atoms with Gasteiger partial charge in [0.1, 0.15) is 16.3 Å². The number of para-hydroxylation sites is 1. The smallest absolute Gasteiger partial charge is 0.350 e. The molecule has 0 saturated heterocycles. The summed E-state index contributed by atoms with van der Waals surface area (Å²) in [7, 11) is 0. The van der Waals surface area contributed by atoms with Crippen molar-refractivity contribution in [2.45, 2.75) is 19.9 Å². The van der Waals surface area contributed by atoms with Gasteiger partial charge in [0.2, 0.25) is 5.76 Å². The minimum Gasteiger partial charge on any atom is -0.462 e. The summed E-state index contributed by atoms with van der Waals surface area (Å²) in [6, 6.07) is 11.3. The fourth-order valence-electron chi connectivity index (χ4n) is 3.95. The molecule has 1 aliphatic heterocycles. The molecule has 0 radical (unpaired) electrons. The number of thiazole rings is 1. The molecule has 4 aromatic rings. The highest BCUT2D eigenvalue weighted by Gasteiger charge is 2.45. The topological polar surface area (TPSA) is 89.7 Å². The Labute approximate surface area is 191 Å². The van der Waals surface area contributed by atoms with E-state index in [1.807, 2.05) is 0 Å². The molecule has 0 bridgehead atoms. The van der Waals surface area contributed by atoms with Crippen LogP contribution in [0.25, 0.3) is 11.0 Å². The number of benzene rings is 2. The van der Waals surface area contributed by atoms with Crippen LogP contribution in [0, 0.1) is 12.7 Å². The Morgan fingerprint density at radius 1 is 1.18 bits per heavy atom. The van der Waals surface area contributed by atoms with Gasteiger partial charge in [0, 0.05) is 0 Å². The number of anilines is 1. The van der Waals surface area contributed by atoms with Crippen LogP contribution in [0.4, 0.5) is 9.52 Å². The van der Waals surface area contributed by atoms with E-state index in [4.69, 9.17) is 9.15 Å². The van der Waals surface area contributed by atoms with Gasteiger partial charge in [0.25, 0.3) is 5.91 Å². The highest BCUT2D eigenvalue weighted by molar-refractivity contribution is 7.17. The summed E-state index contributed by atoms with van der Waals surface area (Å²) < 4.78 is 24.6. The lowest BCUT2D eigenvalue weighted by Crippen LogP contribution is -2.29. The monoisotopic (exact) mass is 464 g/mol. The third kappa shape index (κ3) is 3.32. The van der Waals surface area contributed by atoms with Crippen molar-refractivity contribution < 1.29 is 23.1 Å². The summed E-state index contributed by atoms with van der Waals surface area (Å²) in [6.45, 7) is 3.54. The van der Waals surface area contributed by atoms with Gasteiger partial charge in [-0.2, -0.15) is 0 Å². The molecule has 3 heterocycles. The van der Waals surface area contributed by atoms with Crippen LogP contribution in [0.1, 0.15) is 50.0 Å². The molecule has 5 rings (SSSR count). The summed E-state index contributed by atoms with van der Waals surface area (Å²) in [4.78, 5) is 45.3. The fraction of sp³-hybridized carbons (Fsp3) is 0.167. The fourth-order valence-corrected chi connectivity index (χ4v) is 4.94. The number of hydrogen-bond acceptors (Lipinski definition) is 7. The first-order valence-corrected chi connectivity index (χ1v) is 11.0. The molecule has 9 heteroatoms. The summed E-state index contributed by atoms with van der Waals surface area (Å²) in [5.41, 5.74) is 1.000. The number of fused-ring (bicyclic) bond motifs is 2. The highest BCUT2D eigenvalue weighted by atomic mass is 32.1. The quantitative estimate of drug-likeness (QED) is 0.409. The van der Waals surface area contributed by atoms with E-state index in [1.165, 1.54) is 29.2 Å². The molecule has 0 spiro atoms. The van der Waals surface area contributed by atoms with Crippen molar-refractivity contribution in [1.29, 1.82) is 0 Å². The van der Waals surface area contributed by atoms with Gasteiger partial charge in [-0.05, 0) is 43.7 Å². The number of aromatic nitrogens is 1. The molecule has 33 heavy (non-hydrogen) atoms. The predicted molar refractivity (Wildman–Crippen MR) is 120 cm³/mol. The number of esters is 1. The number of nitrogens with zero attached hydrogens (tertiary/aromatic N) is 2. The Hall–Kier alpha value is -3.85. The molecule has 0 N–H and O–H groups in total. The lowest BCUT2D eigenvalue weighted by atomic mass is 9.99. The second-order valence-electron chi connectivity index (χ2n) is 7.43. The van der Waals surface area contributed by atoms with Crippen molar-refractivity contribution in [3.05, 3.63) is 92.0 Å². The Bertz CT molecular complexity index is 1470. The van der Waals surface area contributed by atoms with Crippen molar-refractivity contribution in [1.82, 2.24) is 4.98 Å². The first kappa shape index (κ1) is 21.0. The largest absolute Gasteiger partial charge is 0.462 e. The standard InChI is InChI=1S/C24H17FN2O5S/c1-3-31-23(30)21-12(2)26-24(33-21)27-18(13-8-10-14(25)11-9-13)17-19(28)15-6-4-5-7-16(15)32-20(17)22(27)29/h4-11,18H,3H2,1-2H3/t18-/m0/s1. The maximum atomic E-state index is 13.6. The third-order valence-electron chi connectivity index (χ3n) is 5.42. The van der Waals surface area contributed by atoms with E-state index in [0.717, 1.165) is 11.3 Å². The van der Waals surface area contributed by atoms with Gasteiger partial charge < -0.3 is 9.15 Å². The number of rotatable bonds is 4. The highest BCUT2D eigenvalue weighted by Crippen LogP contribution is 2.43. The molecular weight excluding hydrogens is 447 g/mol. The van der Waals surface area contributed by atoms with E-state index >= 15 is 0 Å². The van der Waals surface area contributed by atoms with E-state index in [9.17, 15) is 18.8 Å². The second-order valence-corrected chi connectivity index (χ2v) is 8.41. The summed E-state index contributed by atoms with van der Waals surface area (Å²) in [5, 5.41) is 0.547.